The van der Waals surface area contributed by atoms with Crippen LogP contribution in [0.2, 0.25) is 0 Å². The molecule has 20 heavy (non-hydrogen) atoms. The number of rotatable bonds is 12. The van der Waals surface area contributed by atoms with Crippen LogP contribution in [0, 0.1) is 0 Å². The third-order valence-corrected chi connectivity index (χ3v) is 3.13. The molecule has 4 atom stereocenters. The summed E-state index contributed by atoms with van der Waals surface area (Å²) in [6.45, 7) is 4.79. The van der Waals surface area contributed by atoms with E-state index in [1.165, 1.54) is 0 Å². The molecule has 6 heteroatoms. The molecule has 0 radical (unpaired) electrons. The fourth-order valence-electron chi connectivity index (χ4n) is 2.04. The Hall–Kier alpha value is -0.240. The largest absolute Gasteiger partial charge is 0.382 e. The molecule has 0 bridgehead atoms. The van der Waals surface area contributed by atoms with Crippen LogP contribution in [-0.4, -0.2) is 79.3 Å². The van der Waals surface area contributed by atoms with Gasteiger partial charge in [-0.25, -0.2) is 0 Å². The van der Waals surface area contributed by atoms with Crippen molar-refractivity contribution in [2.45, 2.75) is 44.4 Å². The molecule has 0 unspecified atom stereocenters. The first-order chi connectivity index (χ1) is 9.55. The van der Waals surface area contributed by atoms with E-state index in [0.717, 1.165) is 0 Å². The Bertz CT molecular complexity index is 224. The first kappa shape index (κ1) is 19.8. The fraction of sp³-hybridized carbons (Fsp3) is 1.00. The van der Waals surface area contributed by atoms with E-state index in [9.17, 15) is 0 Å². The zero-order valence-corrected chi connectivity index (χ0v) is 13.8. The van der Waals surface area contributed by atoms with Gasteiger partial charge in [-0.05, 0) is 13.8 Å². The van der Waals surface area contributed by atoms with Gasteiger partial charge in [-0.2, -0.15) is 0 Å². The van der Waals surface area contributed by atoms with Crippen molar-refractivity contribution < 1.29 is 28.4 Å². The van der Waals surface area contributed by atoms with Gasteiger partial charge >= 0.3 is 0 Å². The number of ether oxygens (including phenoxy) is 6. The van der Waals surface area contributed by atoms with Gasteiger partial charge in [-0.3, -0.25) is 0 Å². The Morgan fingerprint density at radius 1 is 0.650 bits per heavy atom. The monoisotopic (exact) mass is 294 g/mol. The molecular formula is C14H30O6. The zero-order valence-electron chi connectivity index (χ0n) is 13.8. The predicted octanol–water partition coefficient (Wildman–Crippen LogP) is 1.12. The van der Waals surface area contributed by atoms with Gasteiger partial charge in [0.05, 0.1) is 19.3 Å². The molecule has 0 amide bonds. The molecule has 0 spiro atoms. The lowest BCUT2D eigenvalue weighted by Gasteiger charge is -2.34. The fourth-order valence-corrected chi connectivity index (χ4v) is 2.04. The Kier molecular flexibility index (Phi) is 11.3. The van der Waals surface area contributed by atoms with E-state index in [4.69, 9.17) is 28.4 Å². The molecule has 0 saturated carbocycles. The Balaban J connectivity index is 4.85. The second kappa shape index (κ2) is 11.4. The number of hydrogen-bond donors (Lipinski definition) is 0. The van der Waals surface area contributed by atoms with Crippen LogP contribution in [0.5, 0.6) is 0 Å². The molecule has 0 aliphatic rings. The maximum atomic E-state index is 5.61. The second-order valence-electron chi connectivity index (χ2n) is 4.79. The van der Waals surface area contributed by atoms with Crippen molar-refractivity contribution in [1.29, 1.82) is 0 Å². The molecule has 0 N–H and O–H groups in total. The number of methoxy groups -OCH3 is 5. The second-order valence-corrected chi connectivity index (χ2v) is 4.79. The highest BCUT2D eigenvalue weighted by Crippen LogP contribution is 2.17. The van der Waals surface area contributed by atoms with Crippen LogP contribution >= 0.6 is 0 Å². The van der Waals surface area contributed by atoms with Gasteiger partial charge in [0.25, 0.3) is 0 Å². The highest BCUT2D eigenvalue weighted by molar-refractivity contribution is 4.85. The third-order valence-electron chi connectivity index (χ3n) is 3.13. The standard InChI is InChI=1S/C14H30O6/c1-10(2)20-9-12(17-5)14(19-7)13(18-6)11(16-4)8-15-3/h10-14H,8-9H2,1-7H3/t11-,12-,13-,14+/m0/s1. The summed E-state index contributed by atoms with van der Waals surface area (Å²) >= 11 is 0. The molecule has 0 fully saturated rings. The van der Waals surface area contributed by atoms with Crippen molar-refractivity contribution in [3.63, 3.8) is 0 Å². The average molecular weight is 294 g/mol. The van der Waals surface area contributed by atoms with E-state index in [0.29, 0.717) is 13.2 Å². The Labute approximate surface area is 122 Å². The zero-order chi connectivity index (χ0) is 15.5. The minimum absolute atomic E-state index is 0.128. The van der Waals surface area contributed by atoms with Crippen LogP contribution < -0.4 is 0 Å². The highest BCUT2D eigenvalue weighted by atomic mass is 16.6. The normalized spacial score (nSPS) is 18.0. The van der Waals surface area contributed by atoms with Gasteiger partial charge in [-0.1, -0.05) is 0 Å². The smallest absolute Gasteiger partial charge is 0.114 e. The maximum absolute atomic E-state index is 5.61. The van der Waals surface area contributed by atoms with E-state index in [1.807, 2.05) is 13.8 Å². The van der Waals surface area contributed by atoms with E-state index in [1.54, 1.807) is 35.5 Å². The minimum atomic E-state index is -0.316. The maximum Gasteiger partial charge on any atom is 0.114 e. The first-order valence-corrected chi connectivity index (χ1v) is 6.77. The van der Waals surface area contributed by atoms with Gasteiger partial charge in [0.15, 0.2) is 0 Å². The number of hydrogen-bond acceptors (Lipinski definition) is 6. The summed E-state index contributed by atoms with van der Waals surface area (Å²) in [5.41, 5.74) is 0. The predicted molar refractivity (Wildman–Crippen MR) is 76.2 cm³/mol. The molecule has 0 heterocycles. The molecule has 0 aromatic carbocycles. The van der Waals surface area contributed by atoms with Crippen molar-refractivity contribution in [3.8, 4) is 0 Å². The molecular weight excluding hydrogens is 264 g/mol. The average Bonchev–Trinajstić information content (AvgIpc) is 2.44. The third kappa shape index (κ3) is 6.47. The van der Waals surface area contributed by atoms with Crippen molar-refractivity contribution in [1.82, 2.24) is 0 Å². The first-order valence-electron chi connectivity index (χ1n) is 6.77. The van der Waals surface area contributed by atoms with Crippen LogP contribution in [0.25, 0.3) is 0 Å². The van der Waals surface area contributed by atoms with E-state index < -0.39 is 0 Å². The van der Waals surface area contributed by atoms with Crippen molar-refractivity contribution in [2.24, 2.45) is 0 Å². The lowest BCUT2D eigenvalue weighted by atomic mass is 10.0. The van der Waals surface area contributed by atoms with Crippen LogP contribution in [0.4, 0.5) is 0 Å². The van der Waals surface area contributed by atoms with Crippen molar-refractivity contribution in [2.75, 3.05) is 48.8 Å². The van der Waals surface area contributed by atoms with Gasteiger partial charge < -0.3 is 28.4 Å². The minimum Gasteiger partial charge on any atom is -0.382 e. The van der Waals surface area contributed by atoms with Crippen molar-refractivity contribution in [3.05, 3.63) is 0 Å². The summed E-state index contributed by atoms with van der Waals surface area (Å²) in [6, 6.07) is 0. The van der Waals surface area contributed by atoms with E-state index in [-0.39, 0.29) is 30.5 Å². The van der Waals surface area contributed by atoms with Crippen LogP contribution in [0.15, 0.2) is 0 Å². The molecule has 6 nitrogen and oxygen atoms in total. The lowest BCUT2D eigenvalue weighted by Crippen LogP contribution is -2.51. The van der Waals surface area contributed by atoms with E-state index in [2.05, 4.69) is 0 Å². The van der Waals surface area contributed by atoms with Gasteiger partial charge in [0.2, 0.25) is 0 Å². The SMILES string of the molecule is COC[C@H](OC)[C@H](OC)[C@H](OC)[C@H](COC(C)C)OC. The molecule has 0 aromatic rings. The molecule has 0 aliphatic carbocycles. The molecule has 0 saturated heterocycles. The summed E-state index contributed by atoms with van der Waals surface area (Å²) in [4.78, 5) is 0. The Morgan fingerprint density at radius 3 is 1.40 bits per heavy atom. The molecule has 122 valence electrons. The Morgan fingerprint density at radius 2 is 1.10 bits per heavy atom. The summed E-state index contributed by atoms with van der Waals surface area (Å²) < 4.78 is 32.8. The quantitative estimate of drug-likeness (QED) is 0.537. The summed E-state index contributed by atoms with van der Waals surface area (Å²) in [5.74, 6) is 0. The highest BCUT2D eigenvalue weighted by Gasteiger charge is 2.36. The van der Waals surface area contributed by atoms with Crippen LogP contribution in [-0.2, 0) is 28.4 Å². The summed E-state index contributed by atoms with van der Waals surface area (Å²) in [7, 11) is 8.11. The summed E-state index contributed by atoms with van der Waals surface area (Å²) in [5, 5.41) is 0. The van der Waals surface area contributed by atoms with Crippen LogP contribution in [0.3, 0.4) is 0 Å². The molecule has 0 aromatic heterocycles. The van der Waals surface area contributed by atoms with Gasteiger partial charge in [0, 0.05) is 35.5 Å². The molecule has 0 rings (SSSR count). The van der Waals surface area contributed by atoms with Crippen LogP contribution in [0.1, 0.15) is 13.8 Å². The summed E-state index contributed by atoms with van der Waals surface area (Å²) in [6.07, 6.45) is -0.994. The van der Waals surface area contributed by atoms with E-state index >= 15 is 0 Å². The molecule has 0 aliphatic heterocycles. The van der Waals surface area contributed by atoms with Crippen molar-refractivity contribution >= 4 is 0 Å². The van der Waals surface area contributed by atoms with Gasteiger partial charge in [0.1, 0.15) is 24.4 Å². The topological polar surface area (TPSA) is 55.4 Å². The van der Waals surface area contributed by atoms with Gasteiger partial charge in [-0.15, -0.1) is 0 Å². The lowest BCUT2D eigenvalue weighted by molar-refractivity contribution is -0.171.